The molecule has 6 nitrogen and oxygen atoms in total. The first kappa shape index (κ1) is 20.0. The van der Waals surface area contributed by atoms with Crippen molar-refractivity contribution in [1.82, 2.24) is 15.5 Å². The molecule has 28 heavy (non-hydrogen) atoms. The molecule has 1 aromatic carbocycles. The number of nitrogens with one attached hydrogen (secondary N) is 2. The third-order valence-corrected chi connectivity index (χ3v) is 5.03. The van der Waals surface area contributed by atoms with Crippen molar-refractivity contribution >= 4 is 11.9 Å². The van der Waals surface area contributed by atoms with Gasteiger partial charge in [0.25, 0.3) is 0 Å². The molecule has 0 spiro atoms. The van der Waals surface area contributed by atoms with Crippen LogP contribution in [0.2, 0.25) is 0 Å². The van der Waals surface area contributed by atoms with Gasteiger partial charge in [0.1, 0.15) is 12.3 Å². The van der Waals surface area contributed by atoms with Crippen molar-refractivity contribution < 1.29 is 9.21 Å². The van der Waals surface area contributed by atoms with E-state index in [1.54, 1.807) is 6.26 Å². The highest BCUT2D eigenvalue weighted by atomic mass is 16.3. The van der Waals surface area contributed by atoms with Gasteiger partial charge in [0.05, 0.1) is 12.8 Å². The second-order valence-corrected chi connectivity index (χ2v) is 7.15. The van der Waals surface area contributed by atoms with E-state index in [1.165, 1.54) is 5.56 Å². The highest BCUT2D eigenvalue weighted by Crippen LogP contribution is 2.21. The monoisotopic (exact) mass is 382 g/mol. The van der Waals surface area contributed by atoms with Crippen molar-refractivity contribution in [2.75, 3.05) is 26.2 Å². The number of amides is 1. The van der Waals surface area contributed by atoms with Crippen LogP contribution in [0.1, 0.15) is 31.1 Å². The van der Waals surface area contributed by atoms with E-state index in [0.717, 1.165) is 50.6 Å². The summed E-state index contributed by atoms with van der Waals surface area (Å²) in [5, 5.41) is 6.15. The van der Waals surface area contributed by atoms with Gasteiger partial charge in [0.15, 0.2) is 5.96 Å². The number of likely N-dealkylation sites (tertiary alicyclic amines) is 1. The van der Waals surface area contributed by atoms with Crippen molar-refractivity contribution in [2.24, 2.45) is 10.9 Å². The number of hydrogen-bond acceptors (Lipinski definition) is 3. The predicted molar refractivity (Wildman–Crippen MR) is 111 cm³/mol. The van der Waals surface area contributed by atoms with Gasteiger partial charge in [-0.1, -0.05) is 30.3 Å². The Labute approximate surface area is 167 Å². The van der Waals surface area contributed by atoms with E-state index in [-0.39, 0.29) is 12.5 Å². The molecule has 2 heterocycles. The molecule has 0 aliphatic carbocycles. The largest absolute Gasteiger partial charge is 0.467 e. The molecule has 1 aliphatic rings. The summed E-state index contributed by atoms with van der Waals surface area (Å²) in [6, 6.07) is 14.3. The summed E-state index contributed by atoms with van der Waals surface area (Å²) < 4.78 is 5.22. The molecule has 0 radical (unpaired) electrons. The summed E-state index contributed by atoms with van der Waals surface area (Å²) in [5.41, 5.74) is 1.41. The zero-order valence-electron chi connectivity index (χ0n) is 16.6. The number of hydrogen-bond donors (Lipinski definition) is 2. The van der Waals surface area contributed by atoms with Gasteiger partial charge < -0.3 is 20.0 Å². The molecule has 0 saturated carbocycles. The van der Waals surface area contributed by atoms with Crippen LogP contribution in [0, 0.1) is 5.92 Å². The number of rotatable bonds is 7. The number of aliphatic imine (C=N–C) groups is 1. The summed E-state index contributed by atoms with van der Waals surface area (Å²) in [6.07, 6.45) is 5.02. The van der Waals surface area contributed by atoms with E-state index in [4.69, 9.17) is 4.42 Å². The first-order chi connectivity index (χ1) is 13.7. The minimum atomic E-state index is -0.106. The van der Waals surface area contributed by atoms with Crippen LogP contribution in [0.25, 0.3) is 0 Å². The smallest absolute Gasteiger partial charge is 0.242 e. The average Bonchev–Trinajstić information content (AvgIpc) is 3.25. The maximum absolute atomic E-state index is 12.1. The molecule has 1 fully saturated rings. The summed E-state index contributed by atoms with van der Waals surface area (Å²) in [4.78, 5) is 18.9. The molecule has 2 N–H and O–H groups in total. The average molecular weight is 383 g/mol. The fourth-order valence-electron chi connectivity index (χ4n) is 3.52. The molecule has 1 aliphatic heterocycles. The molecule has 0 atom stereocenters. The van der Waals surface area contributed by atoms with E-state index in [9.17, 15) is 4.79 Å². The number of piperidine rings is 1. The van der Waals surface area contributed by atoms with Gasteiger partial charge in [-0.2, -0.15) is 0 Å². The van der Waals surface area contributed by atoms with Crippen molar-refractivity contribution in [2.45, 2.75) is 32.7 Å². The highest BCUT2D eigenvalue weighted by molar-refractivity contribution is 5.85. The molecule has 2 aromatic rings. The Morgan fingerprint density at radius 2 is 1.93 bits per heavy atom. The minimum Gasteiger partial charge on any atom is -0.467 e. The number of benzene rings is 1. The Hall–Kier alpha value is -2.76. The summed E-state index contributed by atoms with van der Waals surface area (Å²) in [5.74, 6) is 2.17. The second-order valence-electron chi connectivity index (χ2n) is 7.15. The van der Waals surface area contributed by atoms with Crippen molar-refractivity contribution in [1.29, 1.82) is 0 Å². The Kier molecular flexibility index (Phi) is 7.53. The molecule has 1 aromatic heterocycles. The van der Waals surface area contributed by atoms with E-state index in [1.807, 2.05) is 12.1 Å². The summed E-state index contributed by atoms with van der Waals surface area (Å²) in [7, 11) is 0. The van der Waals surface area contributed by atoms with Gasteiger partial charge in [-0.25, -0.2) is 4.99 Å². The molecule has 3 rings (SSSR count). The van der Waals surface area contributed by atoms with Gasteiger partial charge in [0.2, 0.25) is 5.91 Å². The van der Waals surface area contributed by atoms with Crippen LogP contribution in [0.5, 0.6) is 0 Å². The van der Waals surface area contributed by atoms with Gasteiger partial charge in [-0.15, -0.1) is 0 Å². The predicted octanol–water partition coefficient (Wildman–Crippen LogP) is 2.82. The van der Waals surface area contributed by atoms with Crippen LogP contribution >= 0.6 is 0 Å². The third kappa shape index (κ3) is 6.15. The SMILES string of the molecule is CCNC(=NCC(=O)NCc1ccco1)N1CCC(Cc2ccccc2)CC1. The standard InChI is InChI=1S/C22H30N4O2/c1-2-23-22(25-17-21(27)24-16-20-9-6-14-28-20)26-12-10-19(11-13-26)15-18-7-4-3-5-8-18/h3-9,14,19H,2,10-13,15-17H2,1H3,(H,23,25)(H,24,27). The summed E-state index contributed by atoms with van der Waals surface area (Å²) >= 11 is 0. The fourth-order valence-corrected chi connectivity index (χ4v) is 3.52. The summed E-state index contributed by atoms with van der Waals surface area (Å²) in [6.45, 7) is 5.29. The van der Waals surface area contributed by atoms with E-state index >= 15 is 0 Å². The maximum Gasteiger partial charge on any atom is 0.242 e. The van der Waals surface area contributed by atoms with Crippen molar-refractivity contribution in [3.8, 4) is 0 Å². The lowest BCUT2D eigenvalue weighted by molar-refractivity contribution is -0.119. The Morgan fingerprint density at radius 3 is 2.61 bits per heavy atom. The fraction of sp³-hybridized carbons (Fsp3) is 0.455. The van der Waals surface area contributed by atoms with Gasteiger partial charge in [0, 0.05) is 19.6 Å². The van der Waals surface area contributed by atoms with Crippen LogP contribution in [-0.2, 0) is 17.8 Å². The van der Waals surface area contributed by atoms with Crippen LogP contribution in [-0.4, -0.2) is 42.9 Å². The Bertz CT molecular complexity index is 735. The molecule has 1 saturated heterocycles. The molecular formula is C22H30N4O2. The lowest BCUT2D eigenvalue weighted by Gasteiger charge is -2.34. The topological polar surface area (TPSA) is 69.9 Å². The normalized spacial score (nSPS) is 15.5. The molecular weight excluding hydrogens is 352 g/mol. The number of guanidine groups is 1. The molecule has 150 valence electrons. The van der Waals surface area contributed by atoms with Crippen molar-refractivity contribution in [3.05, 3.63) is 60.1 Å². The Balaban J connectivity index is 1.46. The first-order valence-corrected chi connectivity index (χ1v) is 10.1. The highest BCUT2D eigenvalue weighted by Gasteiger charge is 2.21. The Morgan fingerprint density at radius 1 is 1.14 bits per heavy atom. The van der Waals surface area contributed by atoms with E-state index < -0.39 is 0 Å². The van der Waals surface area contributed by atoms with Crippen LogP contribution < -0.4 is 10.6 Å². The van der Waals surface area contributed by atoms with Gasteiger partial charge in [-0.3, -0.25) is 4.79 Å². The van der Waals surface area contributed by atoms with Gasteiger partial charge in [-0.05, 0) is 49.8 Å². The number of nitrogens with zero attached hydrogens (tertiary/aromatic N) is 2. The number of carbonyl (C=O) groups excluding carboxylic acids is 1. The van der Waals surface area contributed by atoms with Crippen LogP contribution in [0.4, 0.5) is 0 Å². The van der Waals surface area contributed by atoms with E-state index in [2.05, 4.69) is 57.8 Å². The quantitative estimate of drug-likeness (QED) is 0.571. The first-order valence-electron chi connectivity index (χ1n) is 10.1. The zero-order chi connectivity index (χ0) is 19.6. The van der Waals surface area contributed by atoms with Crippen LogP contribution in [0.15, 0.2) is 58.1 Å². The molecule has 0 unspecified atom stereocenters. The van der Waals surface area contributed by atoms with Crippen molar-refractivity contribution in [3.63, 3.8) is 0 Å². The second kappa shape index (κ2) is 10.5. The molecule has 1 amide bonds. The third-order valence-electron chi connectivity index (χ3n) is 5.03. The van der Waals surface area contributed by atoms with E-state index in [0.29, 0.717) is 12.5 Å². The van der Waals surface area contributed by atoms with Gasteiger partial charge >= 0.3 is 0 Å². The molecule has 6 heteroatoms. The van der Waals surface area contributed by atoms with Crippen LogP contribution in [0.3, 0.4) is 0 Å². The number of furan rings is 1. The lowest BCUT2D eigenvalue weighted by atomic mass is 9.90. The maximum atomic E-state index is 12.1. The number of carbonyl (C=O) groups is 1. The zero-order valence-corrected chi connectivity index (χ0v) is 16.6. The molecule has 0 bridgehead atoms. The minimum absolute atomic E-state index is 0.106. The lowest BCUT2D eigenvalue weighted by Crippen LogP contribution is -2.46.